The molecule has 0 atom stereocenters. The average Bonchev–Trinajstić information content (AvgIpc) is 3.16. The summed E-state index contributed by atoms with van der Waals surface area (Å²) in [7, 11) is 1.74. The van der Waals surface area contributed by atoms with E-state index in [2.05, 4.69) is 20.7 Å². The highest BCUT2D eigenvalue weighted by atomic mass is 19.1. The zero-order valence-corrected chi connectivity index (χ0v) is 13.3. The Morgan fingerprint density at radius 3 is 2.79 bits per heavy atom. The first-order valence-corrected chi connectivity index (χ1v) is 7.35. The molecule has 8 heteroatoms. The molecule has 0 unspecified atom stereocenters. The van der Waals surface area contributed by atoms with Crippen molar-refractivity contribution in [1.82, 2.24) is 24.6 Å². The number of imidazole rings is 1. The Morgan fingerprint density at radius 1 is 1.33 bits per heavy atom. The first kappa shape index (κ1) is 15.7. The van der Waals surface area contributed by atoms with E-state index >= 15 is 0 Å². The van der Waals surface area contributed by atoms with Crippen molar-refractivity contribution in [3.05, 3.63) is 60.1 Å². The van der Waals surface area contributed by atoms with Gasteiger partial charge in [0.2, 0.25) is 0 Å². The van der Waals surface area contributed by atoms with Gasteiger partial charge in [-0.25, -0.2) is 14.2 Å². The van der Waals surface area contributed by atoms with Crippen LogP contribution in [0.5, 0.6) is 0 Å². The molecule has 2 heterocycles. The standard InChI is InChI=1S/C16H17FN6O/c1-11-7-15(22(2)21-11)20-16(24)19-9-12-3-4-14(13(17)8-12)23-6-5-18-10-23/h3-8,10H,9H2,1-2H3,(H2,19,20,24). The number of aromatic nitrogens is 4. The second-order valence-electron chi connectivity index (χ2n) is 5.36. The Hall–Kier alpha value is -3.16. The fourth-order valence-electron chi connectivity index (χ4n) is 2.34. The number of amides is 2. The predicted octanol–water partition coefficient (Wildman–Crippen LogP) is 2.38. The second-order valence-corrected chi connectivity index (χ2v) is 5.36. The van der Waals surface area contributed by atoms with Crippen molar-refractivity contribution in [3.8, 4) is 5.69 Å². The van der Waals surface area contributed by atoms with Gasteiger partial charge >= 0.3 is 6.03 Å². The van der Waals surface area contributed by atoms with E-state index in [9.17, 15) is 9.18 Å². The number of benzene rings is 1. The van der Waals surface area contributed by atoms with E-state index in [4.69, 9.17) is 0 Å². The number of anilines is 1. The molecular formula is C16H17FN6O. The van der Waals surface area contributed by atoms with Crippen LogP contribution in [0.15, 0.2) is 43.0 Å². The van der Waals surface area contributed by atoms with Crippen LogP contribution in [-0.4, -0.2) is 25.4 Å². The van der Waals surface area contributed by atoms with Crippen molar-refractivity contribution in [2.24, 2.45) is 7.05 Å². The van der Waals surface area contributed by atoms with Crippen LogP contribution in [0.2, 0.25) is 0 Å². The van der Waals surface area contributed by atoms with Gasteiger partial charge in [-0.3, -0.25) is 10.00 Å². The van der Waals surface area contributed by atoms with E-state index < -0.39 is 0 Å². The van der Waals surface area contributed by atoms with Crippen molar-refractivity contribution >= 4 is 11.8 Å². The molecule has 124 valence electrons. The summed E-state index contributed by atoms with van der Waals surface area (Å²) in [6.07, 6.45) is 4.78. The van der Waals surface area contributed by atoms with Crippen LogP contribution in [0.3, 0.4) is 0 Å². The van der Waals surface area contributed by atoms with Crippen LogP contribution in [0.1, 0.15) is 11.3 Å². The molecular weight excluding hydrogens is 311 g/mol. The SMILES string of the molecule is Cc1cc(NC(=O)NCc2ccc(-n3ccnc3)c(F)c2)n(C)n1. The summed E-state index contributed by atoms with van der Waals surface area (Å²) in [6, 6.07) is 6.18. The number of hydrogen-bond acceptors (Lipinski definition) is 3. The molecule has 0 saturated heterocycles. The van der Waals surface area contributed by atoms with Gasteiger partial charge in [0.05, 0.1) is 17.7 Å². The van der Waals surface area contributed by atoms with Gasteiger partial charge in [0.25, 0.3) is 0 Å². The van der Waals surface area contributed by atoms with Crippen molar-refractivity contribution in [3.63, 3.8) is 0 Å². The summed E-state index contributed by atoms with van der Waals surface area (Å²) in [5, 5.41) is 9.53. The molecule has 2 amide bonds. The number of carbonyl (C=O) groups excluding carboxylic acids is 1. The Bertz CT molecular complexity index is 856. The molecule has 7 nitrogen and oxygen atoms in total. The Balaban J connectivity index is 1.61. The maximum Gasteiger partial charge on any atom is 0.320 e. The topological polar surface area (TPSA) is 76.8 Å². The summed E-state index contributed by atoms with van der Waals surface area (Å²) >= 11 is 0. The molecule has 1 aromatic carbocycles. The number of urea groups is 1. The highest BCUT2D eigenvalue weighted by Gasteiger charge is 2.08. The van der Waals surface area contributed by atoms with Crippen molar-refractivity contribution in [2.75, 3.05) is 5.32 Å². The van der Waals surface area contributed by atoms with E-state index in [0.717, 1.165) is 5.69 Å². The number of rotatable bonds is 4. The van der Waals surface area contributed by atoms with Crippen LogP contribution in [0.25, 0.3) is 5.69 Å². The van der Waals surface area contributed by atoms with Crippen molar-refractivity contribution in [2.45, 2.75) is 13.5 Å². The molecule has 0 spiro atoms. The van der Waals surface area contributed by atoms with Gasteiger partial charge in [0, 0.05) is 32.1 Å². The fourth-order valence-corrected chi connectivity index (χ4v) is 2.34. The smallest absolute Gasteiger partial charge is 0.320 e. The second kappa shape index (κ2) is 6.53. The molecule has 0 aliphatic carbocycles. The van der Waals surface area contributed by atoms with Crippen molar-refractivity contribution in [1.29, 1.82) is 0 Å². The molecule has 3 rings (SSSR count). The maximum absolute atomic E-state index is 14.2. The van der Waals surface area contributed by atoms with Crippen LogP contribution < -0.4 is 10.6 Å². The number of aryl methyl sites for hydroxylation is 2. The third kappa shape index (κ3) is 3.43. The van der Waals surface area contributed by atoms with Gasteiger partial charge in [0.1, 0.15) is 11.6 Å². The third-order valence-electron chi connectivity index (χ3n) is 3.49. The molecule has 0 saturated carbocycles. The fraction of sp³-hybridized carbons (Fsp3) is 0.188. The number of halogens is 1. The molecule has 2 N–H and O–H groups in total. The highest BCUT2D eigenvalue weighted by molar-refractivity contribution is 5.88. The Labute approximate surface area is 138 Å². The molecule has 2 aromatic heterocycles. The molecule has 0 bridgehead atoms. The normalized spacial score (nSPS) is 10.6. The summed E-state index contributed by atoms with van der Waals surface area (Å²) in [5.41, 5.74) is 1.88. The van der Waals surface area contributed by atoms with Crippen LogP contribution in [0, 0.1) is 12.7 Å². The largest absolute Gasteiger partial charge is 0.334 e. The predicted molar refractivity (Wildman–Crippen MR) is 87.3 cm³/mol. The summed E-state index contributed by atoms with van der Waals surface area (Å²) < 4.78 is 17.3. The lowest BCUT2D eigenvalue weighted by atomic mass is 10.2. The van der Waals surface area contributed by atoms with Crippen molar-refractivity contribution < 1.29 is 9.18 Å². The Kier molecular flexibility index (Phi) is 4.28. The number of hydrogen-bond donors (Lipinski definition) is 2. The van der Waals surface area contributed by atoms with Gasteiger partial charge in [-0.2, -0.15) is 5.10 Å². The molecule has 24 heavy (non-hydrogen) atoms. The molecule has 0 fully saturated rings. The third-order valence-corrected chi connectivity index (χ3v) is 3.49. The first-order valence-electron chi connectivity index (χ1n) is 7.35. The van der Waals surface area contributed by atoms with Gasteiger partial charge < -0.3 is 9.88 Å². The lowest BCUT2D eigenvalue weighted by molar-refractivity contribution is 0.251. The molecule has 0 aliphatic rings. The first-order chi connectivity index (χ1) is 11.5. The minimum Gasteiger partial charge on any atom is -0.334 e. The van der Waals surface area contributed by atoms with Gasteiger partial charge in [-0.05, 0) is 24.6 Å². The van der Waals surface area contributed by atoms with E-state index in [1.165, 1.54) is 12.4 Å². The molecule has 0 aliphatic heterocycles. The average molecular weight is 328 g/mol. The maximum atomic E-state index is 14.2. The van der Waals surface area contributed by atoms with Crippen LogP contribution in [0.4, 0.5) is 15.0 Å². The zero-order valence-electron chi connectivity index (χ0n) is 13.3. The zero-order chi connectivity index (χ0) is 17.1. The quantitative estimate of drug-likeness (QED) is 0.772. The summed E-state index contributed by atoms with van der Waals surface area (Å²) in [4.78, 5) is 15.8. The Morgan fingerprint density at radius 2 is 2.17 bits per heavy atom. The number of nitrogens with zero attached hydrogens (tertiary/aromatic N) is 4. The minimum absolute atomic E-state index is 0.212. The number of nitrogens with one attached hydrogen (secondary N) is 2. The molecule has 0 radical (unpaired) electrons. The monoisotopic (exact) mass is 328 g/mol. The summed E-state index contributed by atoms with van der Waals surface area (Å²) in [6.45, 7) is 2.05. The number of carbonyl (C=O) groups is 1. The van der Waals surface area contributed by atoms with Gasteiger partial charge in [0.15, 0.2) is 0 Å². The van der Waals surface area contributed by atoms with Gasteiger partial charge in [-0.1, -0.05) is 6.07 Å². The lowest BCUT2D eigenvalue weighted by Gasteiger charge is -2.09. The van der Waals surface area contributed by atoms with Crippen LogP contribution >= 0.6 is 0 Å². The van der Waals surface area contributed by atoms with Crippen LogP contribution in [-0.2, 0) is 13.6 Å². The van der Waals surface area contributed by atoms with E-state index in [0.29, 0.717) is 17.1 Å². The molecule has 3 aromatic rings. The minimum atomic E-state index is -0.380. The van der Waals surface area contributed by atoms with E-state index in [1.807, 2.05) is 6.92 Å². The van der Waals surface area contributed by atoms with E-state index in [-0.39, 0.29) is 18.4 Å². The van der Waals surface area contributed by atoms with E-state index in [1.54, 1.807) is 46.9 Å². The summed E-state index contributed by atoms with van der Waals surface area (Å²) in [5.74, 6) is 0.210. The highest BCUT2D eigenvalue weighted by Crippen LogP contribution is 2.15. The van der Waals surface area contributed by atoms with Gasteiger partial charge in [-0.15, -0.1) is 0 Å². The lowest BCUT2D eigenvalue weighted by Crippen LogP contribution is -2.29.